The molecule has 40 heavy (non-hydrogen) atoms. The van der Waals surface area contributed by atoms with E-state index >= 15 is 0 Å². The van der Waals surface area contributed by atoms with E-state index in [1.54, 1.807) is 6.07 Å². The van der Waals surface area contributed by atoms with Crippen molar-refractivity contribution in [2.75, 3.05) is 6.54 Å². The number of carbonyl (C=O) groups excluding carboxylic acids is 1. The Kier molecular flexibility index (Phi) is 8.46. The molecule has 0 fully saturated rings. The summed E-state index contributed by atoms with van der Waals surface area (Å²) in [6.45, 7) is 0.501. The van der Waals surface area contributed by atoms with Crippen LogP contribution in [0, 0.1) is 11.3 Å². The fourth-order valence-corrected chi connectivity index (χ4v) is 5.00. The van der Waals surface area contributed by atoms with Gasteiger partial charge in [-0.1, -0.05) is 109 Å². The molecular weight excluding hydrogens is 490 g/mol. The molecule has 0 spiro atoms. The second kappa shape index (κ2) is 12.7. The van der Waals surface area contributed by atoms with Gasteiger partial charge in [-0.15, -0.1) is 0 Å². The molecule has 0 saturated carbocycles. The van der Waals surface area contributed by atoms with Gasteiger partial charge in [0.25, 0.3) is 5.91 Å². The number of nitrogens with one attached hydrogen (secondary N) is 1. The molecule has 0 radical (unpaired) electrons. The van der Waals surface area contributed by atoms with Gasteiger partial charge >= 0.3 is 0 Å². The van der Waals surface area contributed by atoms with Crippen LogP contribution in [0.5, 0.6) is 0 Å². The number of hydrogen-bond donors (Lipinski definition) is 2. The summed E-state index contributed by atoms with van der Waals surface area (Å²) in [4.78, 5) is 13.2. The van der Waals surface area contributed by atoms with Crippen LogP contribution >= 0.6 is 0 Å². The molecule has 0 heterocycles. The Hall–Kier alpha value is -4.98. The van der Waals surface area contributed by atoms with E-state index in [4.69, 9.17) is 11.0 Å². The summed E-state index contributed by atoms with van der Waals surface area (Å²) < 4.78 is 0. The highest BCUT2D eigenvalue weighted by Crippen LogP contribution is 2.26. The smallest absolute Gasteiger partial charge is 0.251 e. The van der Waals surface area contributed by atoms with Gasteiger partial charge in [0.15, 0.2) is 0 Å². The van der Waals surface area contributed by atoms with E-state index in [1.165, 1.54) is 11.1 Å². The Balaban J connectivity index is 1.27. The van der Waals surface area contributed by atoms with Gasteiger partial charge in [0, 0.05) is 24.1 Å². The average Bonchev–Trinajstić information content (AvgIpc) is 3.02. The van der Waals surface area contributed by atoms with Crippen LogP contribution in [0.2, 0.25) is 0 Å². The highest BCUT2D eigenvalue weighted by molar-refractivity contribution is 5.95. The SMILES string of the molecule is N#Cc1cccc(CC(N)c2ccc(-c3cccc(C(=O)NCC(c4ccccc4)c4ccccc4)c3)cc2)c1. The third-order valence-corrected chi connectivity index (χ3v) is 7.18. The van der Waals surface area contributed by atoms with Crippen LogP contribution in [0.4, 0.5) is 0 Å². The van der Waals surface area contributed by atoms with Crippen LogP contribution in [0.15, 0.2) is 133 Å². The Morgan fingerprint density at radius 2 is 1.35 bits per heavy atom. The Morgan fingerprint density at radius 3 is 2.00 bits per heavy atom. The molecule has 0 aliphatic rings. The van der Waals surface area contributed by atoms with Crippen molar-refractivity contribution in [3.8, 4) is 17.2 Å². The first-order chi connectivity index (χ1) is 19.6. The van der Waals surface area contributed by atoms with E-state index in [2.05, 4.69) is 35.7 Å². The Morgan fingerprint density at radius 1 is 0.700 bits per heavy atom. The molecule has 0 aliphatic carbocycles. The van der Waals surface area contributed by atoms with E-state index in [0.29, 0.717) is 24.1 Å². The van der Waals surface area contributed by atoms with Gasteiger partial charge in [0.2, 0.25) is 0 Å². The monoisotopic (exact) mass is 521 g/mol. The molecule has 0 bridgehead atoms. The van der Waals surface area contributed by atoms with Gasteiger partial charge in [-0.3, -0.25) is 4.79 Å². The van der Waals surface area contributed by atoms with Crippen molar-refractivity contribution >= 4 is 5.91 Å². The third-order valence-electron chi connectivity index (χ3n) is 7.18. The highest BCUT2D eigenvalue weighted by Gasteiger charge is 2.16. The van der Waals surface area contributed by atoms with E-state index in [0.717, 1.165) is 22.3 Å². The zero-order valence-corrected chi connectivity index (χ0v) is 22.2. The van der Waals surface area contributed by atoms with E-state index < -0.39 is 0 Å². The van der Waals surface area contributed by atoms with Gasteiger partial charge in [-0.05, 0) is 64.1 Å². The van der Waals surface area contributed by atoms with Crippen LogP contribution in [-0.4, -0.2) is 12.5 Å². The molecule has 0 aromatic heterocycles. The summed E-state index contributed by atoms with van der Waals surface area (Å²) in [7, 11) is 0. The minimum atomic E-state index is -0.178. The fraction of sp³-hybridized carbons (Fsp3) is 0.111. The average molecular weight is 522 g/mol. The summed E-state index contributed by atoms with van der Waals surface area (Å²) in [6.07, 6.45) is 0.650. The van der Waals surface area contributed by atoms with Crippen molar-refractivity contribution in [3.05, 3.63) is 167 Å². The van der Waals surface area contributed by atoms with E-state index in [-0.39, 0.29) is 17.9 Å². The molecule has 196 valence electrons. The number of benzene rings is 5. The molecular formula is C36H31N3O. The molecule has 5 aromatic carbocycles. The first-order valence-electron chi connectivity index (χ1n) is 13.4. The molecule has 1 atom stereocenters. The summed E-state index contributed by atoms with van der Waals surface area (Å²) in [5.41, 5.74) is 14.1. The molecule has 1 unspecified atom stereocenters. The first kappa shape index (κ1) is 26.6. The fourth-order valence-electron chi connectivity index (χ4n) is 5.00. The number of rotatable bonds is 9. The van der Waals surface area contributed by atoms with Crippen molar-refractivity contribution in [2.45, 2.75) is 18.4 Å². The third kappa shape index (κ3) is 6.53. The number of hydrogen-bond acceptors (Lipinski definition) is 3. The lowest BCUT2D eigenvalue weighted by molar-refractivity contribution is 0.0952. The second-order valence-electron chi connectivity index (χ2n) is 9.91. The number of carbonyl (C=O) groups is 1. The lowest BCUT2D eigenvalue weighted by atomic mass is 9.91. The van der Waals surface area contributed by atoms with Crippen molar-refractivity contribution in [3.63, 3.8) is 0 Å². The number of nitrogens with two attached hydrogens (primary N) is 1. The van der Waals surface area contributed by atoms with Gasteiger partial charge in [0.1, 0.15) is 0 Å². The quantitative estimate of drug-likeness (QED) is 0.219. The van der Waals surface area contributed by atoms with Crippen molar-refractivity contribution < 1.29 is 4.79 Å². The van der Waals surface area contributed by atoms with Crippen molar-refractivity contribution in [2.24, 2.45) is 5.73 Å². The minimum Gasteiger partial charge on any atom is -0.351 e. The molecule has 4 heteroatoms. The second-order valence-corrected chi connectivity index (χ2v) is 9.91. The lowest BCUT2D eigenvalue weighted by Crippen LogP contribution is -2.29. The first-order valence-corrected chi connectivity index (χ1v) is 13.4. The number of nitrogens with zero attached hydrogens (tertiary/aromatic N) is 1. The van der Waals surface area contributed by atoms with Gasteiger partial charge in [0.05, 0.1) is 11.6 Å². The molecule has 5 rings (SSSR count). The maximum Gasteiger partial charge on any atom is 0.251 e. The molecule has 5 aromatic rings. The maximum atomic E-state index is 13.2. The predicted molar refractivity (Wildman–Crippen MR) is 161 cm³/mol. The zero-order chi connectivity index (χ0) is 27.7. The van der Waals surface area contributed by atoms with E-state index in [9.17, 15) is 4.79 Å². The van der Waals surface area contributed by atoms with E-state index in [1.807, 2.05) is 103 Å². The van der Waals surface area contributed by atoms with Crippen molar-refractivity contribution in [1.82, 2.24) is 5.32 Å². The van der Waals surface area contributed by atoms with Gasteiger partial charge in [-0.25, -0.2) is 0 Å². The normalized spacial score (nSPS) is 11.5. The molecule has 1 amide bonds. The maximum absolute atomic E-state index is 13.2. The Labute approximate surface area is 235 Å². The topological polar surface area (TPSA) is 78.9 Å². The molecule has 0 aliphatic heterocycles. The number of amides is 1. The zero-order valence-electron chi connectivity index (χ0n) is 22.2. The number of nitriles is 1. The van der Waals surface area contributed by atoms with Crippen LogP contribution in [0.25, 0.3) is 11.1 Å². The van der Waals surface area contributed by atoms with Gasteiger partial charge in [-0.2, -0.15) is 5.26 Å². The Bertz CT molecular complexity index is 1570. The standard InChI is InChI=1S/C36H31N3O/c37-24-27-10-7-9-26(21-27)22-35(38)31-19-17-28(18-20-31)32-15-8-16-33(23-32)36(40)39-25-34(29-11-3-1-4-12-29)30-13-5-2-6-14-30/h1-21,23,34-35H,22,25,38H2,(H,39,40). The summed E-state index contributed by atoms with van der Waals surface area (Å²) in [5, 5.41) is 12.3. The lowest BCUT2D eigenvalue weighted by Gasteiger charge is -2.19. The minimum absolute atomic E-state index is 0.0636. The van der Waals surface area contributed by atoms with Gasteiger partial charge < -0.3 is 11.1 Å². The molecule has 3 N–H and O–H groups in total. The van der Waals surface area contributed by atoms with Crippen LogP contribution in [0.1, 0.15) is 50.1 Å². The van der Waals surface area contributed by atoms with Crippen LogP contribution < -0.4 is 11.1 Å². The van der Waals surface area contributed by atoms with Crippen molar-refractivity contribution in [1.29, 1.82) is 5.26 Å². The largest absolute Gasteiger partial charge is 0.351 e. The highest BCUT2D eigenvalue weighted by atomic mass is 16.1. The van der Waals surface area contributed by atoms with Crippen LogP contribution in [0.3, 0.4) is 0 Å². The summed E-state index contributed by atoms with van der Waals surface area (Å²) in [5.74, 6) is -0.0365. The summed E-state index contributed by atoms with van der Waals surface area (Å²) >= 11 is 0. The summed E-state index contributed by atoms with van der Waals surface area (Å²) in [6, 6.07) is 45.9. The molecule has 0 saturated heterocycles. The van der Waals surface area contributed by atoms with Crippen LogP contribution in [-0.2, 0) is 6.42 Å². The molecule has 4 nitrogen and oxygen atoms in total. The predicted octanol–water partition coefficient (Wildman–Crippen LogP) is 7.03.